The van der Waals surface area contributed by atoms with Crippen molar-refractivity contribution >= 4 is 28.9 Å². The molecule has 1 aliphatic heterocycles. The summed E-state index contributed by atoms with van der Waals surface area (Å²) in [4.78, 5) is 48.4. The molecule has 1 saturated heterocycles. The van der Waals surface area contributed by atoms with Gasteiger partial charge in [0, 0.05) is 18.7 Å². The number of imidazole rings is 1. The predicted octanol–water partition coefficient (Wildman–Crippen LogP) is 0.637. The van der Waals surface area contributed by atoms with Crippen molar-refractivity contribution in [3.8, 4) is 6.07 Å². The Kier molecular flexibility index (Phi) is 6.61. The molecule has 1 aliphatic rings. The van der Waals surface area contributed by atoms with E-state index >= 15 is 0 Å². The van der Waals surface area contributed by atoms with Gasteiger partial charge in [-0.15, -0.1) is 0 Å². The van der Waals surface area contributed by atoms with Gasteiger partial charge in [0.25, 0.3) is 5.91 Å². The van der Waals surface area contributed by atoms with E-state index in [1.165, 1.54) is 0 Å². The zero-order valence-electron chi connectivity index (χ0n) is 16.9. The van der Waals surface area contributed by atoms with Gasteiger partial charge in [0.15, 0.2) is 11.5 Å². The highest BCUT2D eigenvalue weighted by atomic mass is 16.2. The zero-order chi connectivity index (χ0) is 21.7. The topological polar surface area (TPSA) is 153 Å². The number of nitrogens with zero attached hydrogens (tertiary/aromatic N) is 3. The maximum atomic E-state index is 12.8. The van der Waals surface area contributed by atoms with E-state index in [4.69, 9.17) is 0 Å². The summed E-state index contributed by atoms with van der Waals surface area (Å²) in [6.07, 6.45) is 2.84. The average molecular weight is 411 g/mol. The Morgan fingerprint density at radius 2 is 2.17 bits per heavy atom. The van der Waals surface area contributed by atoms with E-state index in [0.717, 1.165) is 0 Å². The Labute approximate surface area is 173 Å². The van der Waals surface area contributed by atoms with Crippen molar-refractivity contribution in [2.45, 2.75) is 45.2 Å². The fraction of sp³-hybridized carbons (Fsp3) is 0.500. The van der Waals surface area contributed by atoms with Crippen LogP contribution in [0, 0.1) is 23.2 Å². The fourth-order valence-corrected chi connectivity index (χ4v) is 3.45. The van der Waals surface area contributed by atoms with Gasteiger partial charge in [-0.2, -0.15) is 5.26 Å². The minimum Gasteiger partial charge on any atom is -0.356 e. The molecule has 10 heteroatoms. The monoisotopic (exact) mass is 411 g/mol. The Morgan fingerprint density at radius 3 is 2.80 bits per heavy atom. The van der Waals surface area contributed by atoms with Gasteiger partial charge in [0.1, 0.15) is 12.1 Å². The molecule has 2 aromatic heterocycles. The minimum atomic E-state index is -0.841. The van der Waals surface area contributed by atoms with Crippen LogP contribution in [0.3, 0.4) is 0 Å². The van der Waals surface area contributed by atoms with Gasteiger partial charge >= 0.3 is 0 Å². The molecule has 0 aromatic carbocycles. The quantitative estimate of drug-likeness (QED) is 0.500. The van der Waals surface area contributed by atoms with Crippen molar-refractivity contribution < 1.29 is 14.4 Å². The number of H-pyrrole nitrogens is 1. The summed E-state index contributed by atoms with van der Waals surface area (Å²) in [7, 11) is 0. The van der Waals surface area contributed by atoms with E-state index in [-0.39, 0.29) is 30.0 Å². The fourth-order valence-electron chi connectivity index (χ4n) is 3.45. The molecule has 3 amide bonds. The average Bonchev–Trinajstić information content (AvgIpc) is 3.32. The first-order chi connectivity index (χ1) is 14.4. The molecule has 3 heterocycles. The van der Waals surface area contributed by atoms with Gasteiger partial charge in [0.2, 0.25) is 11.8 Å². The van der Waals surface area contributed by atoms with E-state index < -0.39 is 23.9 Å². The van der Waals surface area contributed by atoms with Crippen molar-refractivity contribution in [1.29, 1.82) is 5.26 Å². The van der Waals surface area contributed by atoms with Crippen LogP contribution < -0.4 is 16.0 Å². The number of rotatable bonds is 8. The largest absolute Gasteiger partial charge is 0.356 e. The zero-order valence-corrected chi connectivity index (χ0v) is 16.9. The van der Waals surface area contributed by atoms with Gasteiger partial charge in [-0.05, 0) is 37.3 Å². The molecule has 0 saturated carbocycles. The van der Waals surface area contributed by atoms with E-state index in [0.29, 0.717) is 30.6 Å². The molecule has 158 valence electrons. The van der Waals surface area contributed by atoms with Crippen molar-refractivity contribution in [3.63, 3.8) is 0 Å². The molecule has 4 N–H and O–H groups in total. The third-order valence-electron chi connectivity index (χ3n) is 4.96. The van der Waals surface area contributed by atoms with Gasteiger partial charge in [0.05, 0.1) is 11.6 Å². The lowest BCUT2D eigenvalue weighted by Crippen LogP contribution is -2.50. The minimum absolute atomic E-state index is 0.0599. The molecule has 3 unspecified atom stereocenters. The van der Waals surface area contributed by atoms with Gasteiger partial charge in [-0.3, -0.25) is 14.4 Å². The van der Waals surface area contributed by atoms with Gasteiger partial charge < -0.3 is 20.9 Å². The van der Waals surface area contributed by atoms with Crippen LogP contribution in [0.2, 0.25) is 0 Å². The van der Waals surface area contributed by atoms with Crippen LogP contribution in [0.25, 0.3) is 11.2 Å². The van der Waals surface area contributed by atoms with E-state index in [1.807, 2.05) is 19.9 Å². The van der Waals surface area contributed by atoms with E-state index in [2.05, 4.69) is 30.9 Å². The van der Waals surface area contributed by atoms with Crippen LogP contribution in [0.15, 0.2) is 18.3 Å². The lowest BCUT2D eigenvalue weighted by Gasteiger charge is -2.22. The highest BCUT2D eigenvalue weighted by Gasteiger charge is 2.30. The molecule has 1 fully saturated rings. The highest BCUT2D eigenvalue weighted by molar-refractivity contribution is 5.96. The van der Waals surface area contributed by atoms with Gasteiger partial charge in [-0.1, -0.05) is 13.8 Å². The van der Waals surface area contributed by atoms with Crippen LogP contribution in [0.5, 0.6) is 0 Å². The maximum absolute atomic E-state index is 12.8. The third kappa shape index (κ3) is 5.11. The Morgan fingerprint density at radius 1 is 1.37 bits per heavy atom. The van der Waals surface area contributed by atoms with Crippen molar-refractivity contribution in [2.75, 3.05) is 6.54 Å². The summed E-state index contributed by atoms with van der Waals surface area (Å²) in [5.74, 6) is -1.20. The Hall–Kier alpha value is -3.48. The first-order valence-corrected chi connectivity index (χ1v) is 9.96. The molecule has 0 aliphatic carbocycles. The van der Waals surface area contributed by atoms with Crippen LogP contribution in [0.1, 0.15) is 43.7 Å². The summed E-state index contributed by atoms with van der Waals surface area (Å²) in [5, 5.41) is 17.5. The Bertz CT molecular complexity index is 945. The number of hydrogen-bond donors (Lipinski definition) is 4. The molecule has 0 radical (unpaired) electrons. The van der Waals surface area contributed by atoms with Crippen molar-refractivity contribution in [2.24, 2.45) is 11.8 Å². The van der Waals surface area contributed by atoms with Crippen molar-refractivity contribution in [1.82, 2.24) is 30.9 Å². The standard InChI is InChI=1S/C20H25N7O3/c1-11(2)8-15(19(29)24-13(10-21)9-12-5-7-23-18(12)28)26-20(30)17-25-14-4-3-6-22-16(14)27-17/h3-4,6,11-13,15H,5,7-9H2,1-2H3,(H,23,28)(H,24,29)(H,26,30)(H,22,25,27). The molecule has 0 spiro atoms. The van der Waals surface area contributed by atoms with Crippen LogP contribution in [-0.4, -0.2) is 51.3 Å². The predicted molar refractivity (Wildman–Crippen MR) is 108 cm³/mol. The van der Waals surface area contributed by atoms with Gasteiger partial charge in [-0.25, -0.2) is 9.97 Å². The Balaban J connectivity index is 1.67. The van der Waals surface area contributed by atoms with Crippen LogP contribution >= 0.6 is 0 Å². The number of pyridine rings is 1. The highest BCUT2D eigenvalue weighted by Crippen LogP contribution is 2.16. The summed E-state index contributed by atoms with van der Waals surface area (Å²) < 4.78 is 0. The summed E-state index contributed by atoms with van der Waals surface area (Å²) in [6, 6.07) is 3.86. The molecular formula is C20H25N7O3. The maximum Gasteiger partial charge on any atom is 0.287 e. The third-order valence-corrected chi connectivity index (χ3v) is 4.96. The molecule has 2 aromatic rings. The second kappa shape index (κ2) is 9.35. The van der Waals surface area contributed by atoms with E-state index in [9.17, 15) is 19.6 Å². The summed E-state index contributed by atoms with van der Waals surface area (Å²) >= 11 is 0. The second-order valence-corrected chi connectivity index (χ2v) is 7.82. The number of carbonyl (C=O) groups excluding carboxylic acids is 3. The molecule has 10 nitrogen and oxygen atoms in total. The number of hydrogen-bond acceptors (Lipinski definition) is 6. The number of nitrogens with one attached hydrogen (secondary N) is 4. The summed E-state index contributed by atoms with van der Waals surface area (Å²) in [5.41, 5.74) is 1.03. The first kappa shape index (κ1) is 21.2. The number of aromatic nitrogens is 3. The number of carbonyl (C=O) groups is 3. The first-order valence-electron chi connectivity index (χ1n) is 9.96. The number of nitriles is 1. The van der Waals surface area contributed by atoms with E-state index in [1.54, 1.807) is 18.3 Å². The number of aromatic amines is 1. The number of amides is 3. The molecule has 3 rings (SSSR count). The summed E-state index contributed by atoms with van der Waals surface area (Å²) in [6.45, 7) is 4.44. The van der Waals surface area contributed by atoms with Crippen LogP contribution in [-0.2, 0) is 9.59 Å². The second-order valence-electron chi connectivity index (χ2n) is 7.82. The molecule has 30 heavy (non-hydrogen) atoms. The normalized spacial score (nSPS) is 17.9. The number of fused-ring (bicyclic) bond motifs is 1. The molecule has 3 atom stereocenters. The van der Waals surface area contributed by atoms with Crippen molar-refractivity contribution in [3.05, 3.63) is 24.2 Å². The molecule has 0 bridgehead atoms. The SMILES string of the molecule is CC(C)CC(NC(=O)c1nc2ncccc2[nH]1)C(=O)NC(C#N)CC1CCNC1=O. The lowest BCUT2D eigenvalue weighted by atomic mass is 9.98. The molecular weight excluding hydrogens is 386 g/mol. The lowest BCUT2D eigenvalue weighted by molar-refractivity contribution is -0.125. The smallest absolute Gasteiger partial charge is 0.287 e. The van der Waals surface area contributed by atoms with Crippen LogP contribution in [0.4, 0.5) is 0 Å².